The molecule has 0 fully saturated rings. The predicted molar refractivity (Wildman–Crippen MR) is 105 cm³/mol. The standard InChI is InChI=1S/C20H18ClFN2OS/c1-12-18(13(2)25)19(16-5-3-4-6-17(16)21)23-20(26)24(12)11-14-7-9-15(22)10-8-14/h3-10,19H,11H2,1-2H3,(H,23,26). The monoisotopic (exact) mass is 388 g/mol. The van der Waals surface area contributed by atoms with Crippen molar-refractivity contribution in [3.05, 3.63) is 81.8 Å². The minimum Gasteiger partial charge on any atom is -0.351 e. The van der Waals surface area contributed by atoms with Gasteiger partial charge in [0, 0.05) is 22.8 Å². The Bertz CT molecular complexity index is 895. The normalized spacial score (nSPS) is 17.3. The SMILES string of the molecule is CC(=O)C1=C(C)N(Cc2ccc(F)cc2)C(=S)NC1c1ccccc1Cl. The Morgan fingerprint density at radius 3 is 2.50 bits per heavy atom. The maximum Gasteiger partial charge on any atom is 0.174 e. The number of rotatable bonds is 4. The van der Waals surface area contributed by atoms with Crippen LogP contribution < -0.4 is 5.32 Å². The minimum absolute atomic E-state index is 0.0495. The molecule has 1 aliphatic rings. The van der Waals surface area contributed by atoms with Crippen molar-refractivity contribution in [1.29, 1.82) is 0 Å². The second-order valence-corrected chi connectivity index (χ2v) is 6.97. The molecule has 0 aliphatic carbocycles. The number of nitrogens with zero attached hydrogens (tertiary/aromatic N) is 1. The number of allylic oxidation sites excluding steroid dienone is 1. The average Bonchev–Trinajstić information content (AvgIpc) is 2.59. The Labute approximate surface area is 162 Å². The Balaban J connectivity index is 2.01. The molecule has 0 aromatic heterocycles. The molecule has 0 bridgehead atoms. The van der Waals surface area contributed by atoms with E-state index in [-0.39, 0.29) is 11.6 Å². The van der Waals surface area contributed by atoms with Crippen molar-refractivity contribution in [2.45, 2.75) is 26.4 Å². The van der Waals surface area contributed by atoms with Crippen molar-refractivity contribution in [2.75, 3.05) is 0 Å². The topological polar surface area (TPSA) is 32.3 Å². The number of benzene rings is 2. The van der Waals surface area contributed by atoms with Crippen LogP contribution in [-0.2, 0) is 11.3 Å². The lowest BCUT2D eigenvalue weighted by molar-refractivity contribution is -0.114. The highest BCUT2D eigenvalue weighted by molar-refractivity contribution is 7.80. The van der Waals surface area contributed by atoms with Gasteiger partial charge < -0.3 is 10.2 Å². The molecule has 1 aliphatic heterocycles. The Morgan fingerprint density at radius 1 is 1.23 bits per heavy atom. The summed E-state index contributed by atoms with van der Waals surface area (Å²) in [5, 5.41) is 4.31. The molecule has 0 spiro atoms. The summed E-state index contributed by atoms with van der Waals surface area (Å²) in [5.74, 6) is -0.338. The lowest BCUT2D eigenvalue weighted by Crippen LogP contribution is -2.47. The van der Waals surface area contributed by atoms with Gasteiger partial charge in [0.05, 0.1) is 6.04 Å². The van der Waals surface area contributed by atoms with Crippen LogP contribution >= 0.6 is 23.8 Å². The van der Waals surface area contributed by atoms with Crippen LogP contribution in [0.4, 0.5) is 4.39 Å². The predicted octanol–water partition coefficient (Wildman–Crippen LogP) is 4.77. The first kappa shape index (κ1) is 18.5. The molecular formula is C20H18ClFN2OS. The highest BCUT2D eigenvalue weighted by Crippen LogP contribution is 2.35. The number of nitrogens with one attached hydrogen (secondary N) is 1. The fourth-order valence-electron chi connectivity index (χ4n) is 3.14. The van der Waals surface area contributed by atoms with Gasteiger partial charge in [0.2, 0.25) is 0 Å². The summed E-state index contributed by atoms with van der Waals surface area (Å²) < 4.78 is 13.1. The number of carbonyl (C=O) groups excluding carboxylic acids is 1. The van der Waals surface area contributed by atoms with Crippen molar-refractivity contribution >= 4 is 34.7 Å². The van der Waals surface area contributed by atoms with Gasteiger partial charge in [-0.3, -0.25) is 4.79 Å². The first-order valence-electron chi connectivity index (χ1n) is 8.17. The Morgan fingerprint density at radius 2 is 1.88 bits per heavy atom. The highest BCUT2D eigenvalue weighted by atomic mass is 35.5. The first-order valence-corrected chi connectivity index (χ1v) is 8.95. The minimum atomic E-state index is -0.391. The van der Waals surface area contributed by atoms with Crippen molar-refractivity contribution in [2.24, 2.45) is 0 Å². The van der Waals surface area contributed by atoms with Gasteiger partial charge >= 0.3 is 0 Å². The smallest absolute Gasteiger partial charge is 0.174 e. The van der Waals surface area contributed by atoms with E-state index < -0.39 is 6.04 Å². The van der Waals surface area contributed by atoms with Gasteiger partial charge in [0.15, 0.2) is 10.9 Å². The van der Waals surface area contributed by atoms with Crippen LogP contribution in [0.25, 0.3) is 0 Å². The summed E-state index contributed by atoms with van der Waals surface area (Å²) in [6, 6.07) is 13.2. The summed E-state index contributed by atoms with van der Waals surface area (Å²) in [7, 11) is 0. The van der Waals surface area contributed by atoms with Crippen LogP contribution in [0, 0.1) is 5.82 Å². The summed E-state index contributed by atoms with van der Waals surface area (Å²) in [5.41, 5.74) is 3.10. The van der Waals surface area contributed by atoms with Crippen LogP contribution in [-0.4, -0.2) is 15.8 Å². The summed E-state index contributed by atoms with van der Waals surface area (Å²) in [4.78, 5) is 14.2. The molecule has 0 radical (unpaired) electrons. The highest BCUT2D eigenvalue weighted by Gasteiger charge is 2.33. The molecule has 3 nitrogen and oxygen atoms in total. The number of carbonyl (C=O) groups is 1. The molecule has 0 saturated heterocycles. The molecule has 2 aromatic carbocycles. The van der Waals surface area contributed by atoms with Crippen LogP contribution in [0.2, 0.25) is 5.02 Å². The van der Waals surface area contributed by atoms with E-state index in [2.05, 4.69) is 5.32 Å². The van der Waals surface area contributed by atoms with Gasteiger partial charge in [-0.1, -0.05) is 41.9 Å². The van der Waals surface area contributed by atoms with Crippen molar-refractivity contribution in [3.63, 3.8) is 0 Å². The maximum atomic E-state index is 13.1. The number of halogens is 2. The zero-order chi connectivity index (χ0) is 18.8. The average molecular weight is 389 g/mol. The summed E-state index contributed by atoms with van der Waals surface area (Å²) >= 11 is 11.9. The van der Waals surface area contributed by atoms with Gasteiger partial charge in [-0.25, -0.2) is 4.39 Å². The van der Waals surface area contributed by atoms with E-state index in [1.165, 1.54) is 19.1 Å². The third-order valence-corrected chi connectivity index (χ3v) is 5.13. The largest absolute Gasteiger partial charge is 0.351 e. The van der Waals surface area contributed by atoms with Gasteiger partial charge in [0.25, 0.3) is 0 Å². The van der Waals surface area contributed by atoms with Crippen molar-refractivity contribution in [1.82, 2.24) is 10.2 Å². The number of Topliss-reactive ketones (excluding diaryl/α,β-unsaturated/α-hetero) is 1. The number of ketones is 1. The first-order chi connectivity index (χ1) is 12.4. The molecule has 3 rings (SSSR count). The van der Waals surface area contributed by atoms with E-state index in [0.29, 0.717) is 22.3 Å². The molecule has 0 amide bonds. The molecule has 1 heterocycles. The molecule has 1 N–H and O–H groups in total. The van der Waals surface area contributed by atoms with E-state index in [1.54, 1.807) is 18.2 Å². The molecule has 1 atom stereocenters. The quantitative estimate of drug-likeness (QED) is 0.764. The van der Waals surface area contributed by atoms with Crippen LogP contribution in [0.15, 0.2) is 59.8 Å². The lowest BCUT2D eigenvalue weighted by atomic mass is 9.92. The molecule has 0 saturated carbocycles. The molecule has 26 heavy (non-hydrogen) atoms. The van der Waals surface area contributed by atoms with Crippen LogP contribution in [0.1, 0.15) is 31.0 Å². The third kappa shape index (κ3) is 3.64. The number of hydrogen-bond donors (Lipinski definition) is 1. The molecule has 6 heteroatoms. The van der Waals surface area contributed by atoms with Crippen LogP contribution in [0.5, 0.6) is 0 Å². The van der Waals surface area contributed by atoms with Crippen LogP contribution in [0.3, 0.4) is 0 Å². The third-order valence-electron chi connectivity index (χ3n) is 4.45. The molecule has 1 unspecified atom stereocenters. The van der Waals surface area contributed by atoms with Crippen molar-refractivity contribution < 1.29 is 9.18 Å². The molecular weight excluding hydrogens is 371 g/mol. The van der Waals surface area contributed by atoms with Crippen molar-refractivity contribution in [3.8, 4) is 0 Å². The fraction of sp³-hybridized carbons (Fsp3) is 0.200. The molecule has 134 valence electrons. The second kappa shape index (κ2) is 7.56. The van der Waals surface area contributed by atoms with E-state index in [9.17, 15) is 9.18 Å². The van der Waals surface area contributed by atoms with E-state index in [4.69, 9.17) is 23.8 Å². The van der Waals surface area contributed by atoms with Gasteiger partial charge in [-0.05, 0) is 55.4 Å². The van der Waals surface area contributed by atoms with E-state index in [1.807, 2.05) is 30.0 Å². The Hall–Kier alpha value is -2.24. The summed E-state index contributed by atoms with van der Waals surface area (Å²) in [6.07, 6.45) is 0. The molecule has 2 aromatic rings. The van der Waals surface area contributed by atoms with E-state index >= 15 is 0 Å². The fourth-order valence-corrected chi connectivity index (χ4v) is 3.71. The van der Waals surface area contributed by atoms with Gasteiger partial charge in [0.1, 0.15) is 5.82 Å². The zero-order valence-electron chi connectivity index (χ0n) is 14.4. The zero-order valence-corrected chi connectivity index (χ0v) is 16.0. The number of thiocarbonyl (C=S) groups is 1. The summed E-state index contributed by atoms with van der Waals surface area (Å²) in [6.45, 7) is 3.86. The Kier molecular flexibility index (Phi) is 5.39. The number of hydrogen-bond acceptors (Lipinski definition) is 2. The lowest BCUT2D eigenvalue weighted by Gasteiger charge is -2.38. The maximum absolute atomic E-state index is 13.1. The van der Waals surface area contributed by atoms with Gasteiger partial charge in [-0.15, -0.1) is 0 Å². The van der Waals surface area contributed by atoms with Gasteiger partial charge in [-0.2, -0.15) is 0 Å². The van der Waals surface area contributed by atoms with E-state index in [0.717, 1.165) is 16.8 Å². The second-order valence-electron chi connectivity index (χ2n) is 6.17.